The van der Waals surface area contributed by atoms with E-state index in [-0.39, 0.29) is 0 Å². The van der Waals surface area contributed by atoms with E-state index >= 15 is 0 Å². The first kappa shape index (κ1) is 11.5. The predicted octanol–water partition coefficient (Wildman–Crippen LogP) is 2.19. The third-order valence-electron chi connectivity index (χ3n) is 2.83. The topological polar surface area (TPSA) is 20.3 Å². The summed E-state index contributed by atoms with van der Waals surface area (Å²) in [7, 11) is 0. The van der Waals surface area contributed by atoms with Gasteiger partial charge in [-0.05, 0) is 12.0 Å². The van der Waals surface area contributed by atoms with Crippen molar-refractivity contribution in [2.24, 2.45) is 0 Å². The van der Waals surface area contributed by atoms with Crippen LogP contribution in [0.15, 0.2) is 30.3 Å². The van der Waals surface area contributed by atoms with Gasteiger partial charge in [0.25, 0.3) is 0 Å². The molecule has 0 atom stereocenters. The summed E-state index contributed by atoms with van der Waals surface area (Å²) in [6.07, 6.45) is 1.51. The maximum absolute atomic E-state index is 11.9. The molecule has 1 heterocycles. The summed E-state index contributed by atoms with van der Waals surface area (Å²) in [4.78, 5) is 13.9. The van der Waals surface area contributed by atoms with Crippen molar-refractivity contribution in [2.45, 2.75) is 12.8 Å². The Morgan fingerprint density at radius 3 is 2.56 bits per heavy atom. The smallest absolute Gasteiger partial charge is 0.222 e. The van der Waals surface area contributed by atoms with Crippen LogP contribution in [0.4, 0.5) is 0 Å². The van der Waals surface area contributed by atoms with E-state index in [4.69, 9.17) is 0 Å². The van der Waals surface area contributed by atoms with E-state index in [9.17, 15) is 4.79 Å². The molecule has 0 aromatic heterocycles. The third-order valence-corrected chi connectivity index (χ3v) is 3.78. The number of rotatable bonds is 3. The van der Waals surface area contributed by atoms with Crippen molar-refractivity contribution < 1.29 is 4.79 Å². The van der Waals surface area contributed by atoms with Crippen LogP contribution in [0, 0.1) is 0 Å². The summed E-state index contributed by atoms with van der Waals surface area (Å²) in [6.45, 7) is 1.86. The number of thioether (sulfide) groups is 1. The van der Waals surface area contributed by atoms with Crippen LogP contribution in [0.5, 0.6) is 0 Å². The number of hydrogen-bond donors (Lipinski definition) is 0. The Kier molecular flexibility index (Phi) is 4.28. The largest absolute Gasteiger partial charge is 0.341 e. The van der Waals surface area contributed by atoms with Gasteiger partial charge >= 0.3 is 0 Å². The first-order valence-electron chi connectivity index (χ1n) is 5.76. The average Bonchev–Trinajstić information content (AvgIpc) is 2.38. The zero-order valence-electron chi connectivity index (χ0n) is 9.39. The SMILES string of the molecule is O=C(CCc1ccccc1)N1CCSCC1. The zero-order valence-corrected chi connectivity index (χ0v) is 10.2. The maximum atomic E-state index is 11.9. The van der Waals surface area contributed by atoms with Gasteiger partial charge in [0.05, 0.1) is 0 Å². The van der Waals surface area contributed by atoms with Crippen molar-refractivity contribution in [2.75, 3.05) is 24.6 Å². The molecule has 0 bridgehead atoms. The van der Waals surface area contributed by atoms with Gasteiger partial charge in [-0.1, -0.05) is 30.3 Å². The second-order valence-electron chi connectivity index (χ2n) is 3.98. The van der Waals surface area contributed by atoms with Gasteiger partial charge in [-0.3, -0.25) is 4.79 Å². The molecule has 0 N–H and O–H groups in total. The molecular formula is C13H17NOS. The Morgan fingerprint density at radius 2 is 1.88 bits per heavy atom. The molecule has 2 rings (SSSR count). The fraction of sp³-hybridized carbons (Fsp3) is 0.462. The van der Waals surface area contributed by atoms with Gasteiger partial charge in [0, 0.05) is 31.0 Å². The highest BCUT2D eigenvalue weighted by Crippen LogP contribution is 2.11. The standard InChI is InChI=1S/C13H17NOS/c15-13(14-8-10-16-11-9-14)7-6-12-4-2-1-3-5-12/h1-5H,6-11H2. The fourth-order valence-electron chi connectivity index (χ4n) is 1.87. The highest BCUT2D eigenvalue weighted by molar-refractivity contribution is 7.99. The van der Waals surface area contributed by atoms with E-state index in [0.717, 1.165) is 31.0 Å². The van der Waals surface area contributed by atoms with E-state index < -0.39 is 0 Å². The minimum Gasteiger partial charge on any atom is -0.341 e. The molecule has 2 nitrogen and oxygen atoms in total. The zero-order chi connectivity index (χ0) is 11.2. The van der Waals surface area contributed by atoms with Crippen LogP contribution in [0.1, 0.15) is 12.0 Å². The predicted molar refractivity (Wildman–Crippen MR) is 68.7 cm³/mol. The van der Waals surface area contributed by atoms with Crippen LogP contribution in [0.25, 0.3) is 0 Å². The Hall–Kier alpha value is -0.960. The van der Waals surface area contributed by atoms with Crippen LogP contribution in [-0.4, -0.2) is 35.4 Å². The molecule has 16 heavy (non-hydrogen) atoms. The monoisotopic (exact) mass is 235 g/mol. The minimum absolute atomic E-state index is 0.309. The van der Waals surface area contributed by atoms with Gasteiger partial charge in [-0.15, -0.1) is 0 Å². The van der Waals surface area contributed by atoms with Gasteiger partial charge < -0.3 is 4.90 Å². The number of carbonyl (C=O) groups is 1. The lowest BCUT2D eigenvalue weighted by molar-refractivity contribution is -0.130. The summed E-state index contributed by atoms with van der Waals surface area (Å²) in [5.41, 5.74) is 1.25. The van der Waals surface area contributed by atoms with Gasteiger partial charge in [-0.2, -0.15) is 11.8 Å². The van der Waals surface area contributed by atoms with Crippen molar-refractivity contribution in [3.8, 4) is 0 Å². The number of aryl methyl sites for hydroxylation is 1. The number of amides is 1. The van der Waals surface area contributed by atoms with Crippen LogP contribution < -0.4 is 0 Å². The Morgan fingerprint density at radius 1 is 1.19 bits per heavy atom. The van der Waals surface area contributed by atoms with E-state index in [2.05, 4.69) is 12.1 Å². The molecule has 1 fully saturated rings. The van der Waals surface area contributed by atoms with Gasteiger partial charge in [0.15, 0.2) is 0 Å². The van der Waals surface area contributed by atoms with E-state index in [1.807, 2.05) is 34.9 Å². The molecule has 0 radical (unpaired) electrons. The summed E-state index contributed by atoms with van der Waals surface area (Å²) in [5, 5.41) is 0. The normalized spacial score (nSPS) is 16.1. The maximum Gasteiger partial charge on any atom is 0.222 e. The minimum atomic E-state index is 0.309. The molecule has 0 unspecified atom stereocenters. The highest BCUT2D eigenvalue weighted by Gasteiger charge is 2.15. The lowest BCUT2D eigenvalue weighted by Gasteiger charge is -2.26. The second-order valence-corrected chi connectivity index (χ2v) is 5.20. The molecule has 1 amide bonds. The molecule has 1 aromatic carbocycles. The Bertz CT molecular complexity index is 333. The molecule has 0 spiro atoms. The molecule has 1 aliphatic rings. The Labute approximate surface area is 101 Å². The van der Waals surface area contributed by atoms with Crippen molar-refractivity contribution in [3.05, 3.63) is 35.9 Å². The van der Waals surface area contributed by atoms with Crippen LogP contribution in [0.3, 0.4) is 0 Å². The molecule has 1 saturated heterocycles. The van der Waals surface area contributed by atoms with Gasteiger partial charge in [0.1, 0.15) is 0 Å². The Balaban J connectivity index is 1.79. The number of benzene rings is 1. The quantitative estimate of drug-likeness (QED) is 0.800. The summed E-state index contributed by atoms with van der Waals surface area (Å²) in [6, 6.07) is 10.2. The number of hydrogen-bond acceptors (Lipinski definition) is 2. The molecule has 1 aliphatic heterocycles. The molecule has 1 aromatic rings. The van der Waals surface area contributed by atoms with E-state index in [1.54, 1.807) is 0 Å². The lowest BCUT2D eigenvalue weighted by atomic mass is 10.1. The summed E-state index contributed by atoms with van der Waals surface area (Å²) < 4.78 is 0. The van der Waals surface area contributed by atoms with Gasteiger partial charge in [0.2, 0.25) is 5.91 Å². The van der Waals surface area contributed by atoms with Crippen LogP contribution in [0.2, 0.25) is 0 Å². The van der Waals surface area contributed by atoms with Gasteiger partial charge in [-0.25, -0.2) is 0 Å². The third kappa shape index (κ3) is 3.27. The second kappa shape index (κ2) is 5.94. The molecule has 3 heteroatoms. The fourth-order valence-corrected chi connectivity index (χ4v) is 2.77. The van der Waals surface area contributed by atoms with Crippen LogP contribution >= 0.6 is 11.8 Å². The van der Waals surface area contributed by atoms with Crippen LogP contribution in [-0.2, 0) is 11.2 Å². The number of nitrogens with zero attached hydrogens (tertiary/aromatic N) is 1. The summed E-state index contributed by atoms with van der Waals surface area (Å²) >= 11 is 1.94. The number of carbonyl (C=O) groups excluding carboxylic acids is 1. The average molecular weight is 235 g/mol. The molecular weight excluding hydrogens is 218 g/mol. The molecule has 86 valence electrons. The summed E-state index contributed by atoms with van der Waals surface area (Å²) in [5.74, 6) is 2.50. The molecule has 0 aliphatic carbocycles. The lowest BCUT2D eigenvalue weighted by Crippen LogP contribution is -2.37. The molecule has 0 saturated carbocycles. The highest BCUT2D eigenvalue weighted by atomic mass is 32.2. The van der Waals surface area contributed by atoms with Crippen molar-refractivity contribution in [1.82, 2.24) is 4.90 Å². The van der Waals surface area contributed by atoms with E-state index in [1.165, 1.54) is 5.56 Å². The van der Waals surface area contributed by atoms with E-state index in [0.29, 0.717) is 12.3 Å². The first-order chi connectivity index (χ1) is 7.86. The van der Waals surface area contributed by atoms with Crippen molar-refractivity contribution in [3.63, 3.8) is 0 Å². The van der Waals surface area contributed by atoms with Crippen molar-refractivity contribution in [1.29, 1.82) is 0 Å². The van der Waals surface area contributed by atoms with Crippen molar-refractivity contribution >= 4 is 17.7 Å². The first-order valence-corrected chi connectivity index (χ1v) is 6.91.